The molecule has 1 amide bonds. The number of hydrogen-bond acceptors (Lipinski definition) is 5. The van der Waals surface area contributed by atoms with E-state index in [9.17, 15) is 37.8 Å². The molecular formula is C21H21F3N2O5S. The molecule has 0 spiro atoms. The fourth-order valence-corrected chi connectivity index (χ4v) is 5.12. The highest BCUT2D eigenvalue weighted by Gasteiger charge is 2.61. The maximum Gasteiger partial charge on any atom is 0.416 e. The van der Waals surface area contributed by atoms with Crippen molar-refractivity contribution < 1.29 is 37.8 Å². The number of aliphatic carboxylic acids is 2. The summed E-state index contributed by atoms with van der Waals surface area (Å²) in [5.74, 6) is -5.22. The van der Waals surface area contributed by atoms with E-state index in [0.717, 1.165) is 34.4 Å². The number of carboxylic acid groups (broad SMARTS) is 2. The molecule has 7 nitrogen and oxygen atoms in total. The number of halogens is 3. The first-order valence-corrected chi connectivity index (χ1v) is 10.6. The Kier molecular flexibility index (Phi) is 6.32. The summed E-state index contributed by atoms with van der Waals surface area (Å²) in [6, 6.07) is 2.44. The fraction of sp³-hybridized carbons (Fsp3) is 0.429. The van der Waals surface area contributed by atoms with Crippen molar-refractivity contribution in [3.63, 3.8) is 0 Å². The lowest BCUT2D eigenvalue weighted by atomic mass is 9.83. The zero-order chi connectivity index (χ0) is 23.8. The second-order valence-electron chi connectivity index (χ2n) is 8.15. The lowest BCUT2D eigenvalue weighted by Crippen LogP contribution is -2.54. The number of hydrogen-bond donors (Lipinski definition) is 2. The molecule has 3 atom stereocenters. The average molecular weight is 470 g/mol. The quantitative estimate of drug-likeness (QED) is 0.651. The molecule has 32 heavy (non-hydrogen) atoms. The SMILES string of the molecule is CC(C)CC1(C(=O)O)CC(C(=O)O)C(c2nccs2)N1C(=O)c1cccc(C(F)(F)F)c1. The normalized spacial score (nSPS) is 23.5. The van der Waals surface area contributed by atoms with E-state index in [1.807, 2.05) is 0 Å². The van der Waals surface area contributed by atoms with Gasteiger partial charge in [-0.3, -0.25) is 9.59 Å². The molecule has 1 aliphatic rings. The molecule has 1 aromatic carbocycles. The van der Waals surface area contributed by atoms with Crippen molar-refractivity contribution in [3.05, 3.63) is 52.0 Å². The number of benzene rings is 1. The zero-order valence-electron chi connectivity index (χ0n) is 17.2. The van der Waals surface area contributed by atoms with Crippen molar-refractivity contribution in [3.8, 4) is 0 Å². The molecule has 2 aromatic rings. The average Bonchev–Trinajstić information content (AvgIpc) is 3.33. The molecule has 1 aliphatic heterocycles. The topological polar surface area (TPSA) is 108 Å². The van der Waals surface area contributed by atoms with Crippen molar-refractivity contribution in [1.29, 1.82) is 0 Å². The lowest BCUT2D eigenvalue weighted by Gasteiger charge is -2.38. The van der Waals surface area contributed by atoms with Crippen LogP contribution in [0.25, 0.3) is 0 Å². The molecule has 3 unspecified atom stereocenters. The van der Waals surface area contributed by atoms with Gasteiger partial charge in [-0.05, 0) is 37.0 Å². The molecule has 0 aliphatic carbocycles. The Bertz CT molecular complexity index is 1020. The summed E-state index contributed by atoms with van der Waals surface area (Å²) < 4.78 is 39.7. The van der Waals surface area contributed by atoms with E-state index in [-0.39, 0.29) is 29.3 Å². The second-order valence-corrected chi connectivity index (χ2v) is 9.08. The number of carbonyl (C=O) groups is 3. The summed E-state index contributed by atoms with van der Waals surface area (Å²) in [7, 11) is 0. The van der Waals surface area contributed by atoms with Crippen molar-refractivity contribution >= 4 is 29.2 Å². The minimum absolute atomic E-state index is 0.0707. The number of aromatic nitrogens is 1. The maximum atomic E-state index is 13.6. The Morgan fingerprint density at radius 3 is 2.47 bits per heavy atom. The first kappa shape index (κ1) is 23.7. The van der Waals surface area contributed by atoms with Gasteiger partial charge in [0.1, 0.15) is 10.5 Å². The van der Waals surface area contributed by atoms with E-state index >= 15 is 0 Å². The van der Waals surface area contributed by atoms with Gasteiger partial charge in [0.15, 0.2) is 0 Å². The number of likely N-dealkylation sites (tertiary alicyclic amines) is 1. The van der Waals surface area contributed by atoms with Crippen molar-refractivity contribution in [2.24, 2.45) is 11.8 Å². The van der Waals surface area contributed by atoms with Crippen LogP contribution in [0.15, 0.2) is 35.8 Å². The van der Waals surface area contributed by atoms with Crippen LogP contribution in [0.4, 0.5) is 13.2 Å². The Morgan fingerprint density at radius 2 is 1.97 bits per heavy atom. The van der Waals surface area contributed by atoms with Crippen LogP contribution < -0.4 is 0 Å². The van der Waals surface area contributed by atoms with Crippen LogP contribution in [-0.4, -0.2) is 43.5 Å². The van der Waals surface area contributed by atoms with Gasteiger partial charge in [0.25, 0.3) is 5.91 Å². The third-order valence-corrected chi connectivity index (χ3v) is 6.35. The molecule has 2 N–H and O–H groups in total. The smallest absolute Gasteiger partial charge is 0.416 e. The van der Waals surface area contributed by atoms with E-state index in [1.54, 1.807) is 19.2 Å². The van der Waals surface area contributed by atoms with E-state index < -0.39 is 47.1 Å². The Labute approximate surface area is 185 Å². The van der Waals surface area contributed by atoms with E-state index in [4.69, 9.17) is 0 Å². The predicted molar refractivity (Wildman–Crippen MR) is 108 cm³/mol. The summed E-state index contributed by atoms with van der Waals surface area (Å²) in [6.45, 7) is 3.45. The molecule has 1 saturated heterocycles. The molecule has 3 rings (SSSR count). The van der Waals surface area contributed by atoms with Gasteiger partial charge < -0.3 is 15.1 Å². The summed E-state index contributed by atoms with van der Waals surface area (Å²) >= 11 is 1.06. The Hall–Kier alpha value is -2.95. The fourth-order valence-electron chi connectivity index (χ4n) is 4.33. The van der Waals surface area contributed by atoms with E-state index in [1.165, 1.54) is 6.20 Å². The lowest BCUT2D eigenvalue weighted by molar-refractivity contribution is -0.150. The Morgan fingerprint density at radius 1 is 1.28 bits per heavy atom. The van der Waals surface area contributed by atoms with Crippen LogP contribution in [0.2, 0.25) is 0 Å². The van der Waals surface area contributed by atoms with Crippen molar-refractivity contribution in [2.45, 2.75) is 44.4 Å². The highest BCUT2D eigenvalue weighted by molar-refractivity contribution is 7.09. The van der Waals surface area contributed by atoms with Gasteiger partial charge in [-0.1, -0.05) is 19.9 Å². The van der Waals surface area contributed by atoms with E-state index in [0.29, 0.717) is 6.07 Å². The van der Waals surface area contributed by atoms with Crippen LogP contribution in [0.3, 0.4) is 0 Å². The molecule has 11 heteroatoms. The van der Waals surface area contributed by atoms with Crippen LogP contribution in [0, 0.1) is 11.8 Å². The van der Waals surface area contributed by atoms with E-state index in [2.05, 4.69) is 4.98 Å². The monoisotopic (exact) mass is 470 g/mol. The van der Waals surface area contributed by atoms with Crippen molar-refractivity contribution in [2.75, 3.05) is 0 Å². The first-order valence-electron chi connectivity index (χ1n) is 9.75. The van der Waals surface area contributed by atoms with Crippen LogP contribution >= 0.6 is 11.3 Å². The van der Waals surface area contributed by atoms with Gasteiger partial charge >= 0.3 is 18.1 Å². The zero-order valence-corrected chi connectivity index (χ0v) is 18.0. The largest absolute Gasteiger partial charge is 0.481 e. The summed E-state index contributed by atoms with van der Waals surface area (Å²) in [5.41, 5.74) is -3.35. The first-order chi connectivity index (χ1) is 14.9. The van der Waals surface area contributed by atoms with Gasteiger partial charge in [-0.2, -0.15) is 13.2 Å². The maximum absolute atomic E-state index is 13.6. The van der Waals surface area contributed by atoms with Crippen LogP contribution in [0.5, 0.6) is 0 Å². The number of carbonyl (C=O) groups excluding carboxylic acids is 1. The number of nitrogens with zero attached hydrogens (tertiary/aromatic N) is 2. The summed E-state index contributed by atoms with van der Waals surface area (Å²) in [5, 5.41) is 21.8. The van der Waals surface area contributed by atoms with Gasteiger partial charge in [0.2, 0.25) is 0 Å². The third kappa shape index (κ3) is 4.21. The van der Waals surface area contributed by atoms with Crippen LogP contribution in [0.1, 0.15) is 53.7 Å². The molecular weight excluding hydrogens is 449 g/mol. The highest BCUT2D eigenvalue weighted by Crippen LogP contribution is 2.51. The Balaban J connectivity index is 2.22. The van der Waals surface area contributed by atoms with Gasteiger partial charge in [-0.25, -0.2) is 9.78 Å². The number of amides is 1. The van der Waals surface area contributed by atoms with Crippen LogP contribution in [-0.2, 0) is 15.8 Å². The molecule has 1 fully saturated rings. The van der Waals surface area contributed by atoms with Gasteiger partial charge in [0, 0.05) is 17.1 Å². The second kappa shape index (κ2) is 8.53. The minimum atomic E-state index is -4.71. The molecule has 1 aromatic heterocycles. The number of alkyl halides is 3. The summed E-state index contributed by atoms with van der Waals surface area (Å²) in [4.78, 5) is 43.2. The molecule has 0 bridgehead atoms. The number of carboxylic acids is 2. The van der Waals surface area contributed by atoms with Gasteiger partial charge in [-0.15, -0.1) is 11.3 Å². The predicted octanol–water partition coefficient (Wildman–Crippen LogP) is 4.32. The van der Waals surface area contributed by atoms with Crippen molar-refractivity contribution in [1.82, 2.24) is 9.88 Å². The highest BCUT2D eigenvalue weighted by atomic mass is 32.1. The molecule has 0 radical (unpaired) electrons. The molecule has 2 heterocycles. The number of thiazole rings is 1. The summed E-state index contributed by atoms with van der Waals surface area (Å²) in [6.07, 6.45) is -3.76. The molecule has 172 valence electrons. The standard InChI is InChI=1S/C21H21F3N2O5S/c1-11(2)9-20(19(30)31)10-14(18(28)29)15(16-25-6-7-32-16)26(20)17(27)12-4-3-5-13(8-12)21(22,23)24/h3-8,11,14-15H,9-10H2,1-2H3,(H,28,29)(H,30,31). The third-order valence-electron chi connectivity index (χ3n) is 5.50. The number of rotatable bonds is 6. The van der Waals surface area contributed by atoms with Gasteiger partial charge in [0.05, 0.1) is 17.5 Å². The minimum Gasteiger partial charge on any atom is -0.481 e. The molecule has 0 saturated carbocycles.